The van der Waals surface area contributed by atoms with E-state index < -0.39 is 0 Å². The fraction of sp³-hybridized carbons (Fsp3) is 0.174. The standard InChI is InChI=1S/C23H21NO/c1-3-24(4-2)22-16-12-19(13-17-23(22)25)9-8-18-10-14-20-6-5-7-21(20)15-11-18/h5-7,10-17H,3-4H2,1-2H3. The average molecular weight is 327 g/mol. The smallest absolute Gasteiger partial charge is 0.201 e. The summed E-state index contributed by atoms with van der Waals surface area (Å²) in [4.78, 5) is 14.3. The highest BCUT2D eigenvalue weighted by Gasteiger charge is 2.04. The third kappa shape index (κ3) is 3.89. The van der Waals surface area contributed by atoms with Crippen molar-refractivity contribution in [3.8, 4) is 23.0 Å². The van der Waals surface area contributed by atoms with E-state index in [0.29, 0.717) is 0 Å². The van der Waals surface area contributed by atoms with Crippen LogP contribution in [0, 0.1) is 11.8 Å². The molecule has 0 aromatic heterocycles. The minimum Gasteiger partial charge on any atom is -0.369 e. The normalized spacial score (nSPS) is 10.2. The third-order valence-electron chi connectivity index (χ3n) is 4.31. The van der Waals surface area contributed by atoms with Gasteiger partial charge in [0.1, 0.15) is 0 Å². The van der Waals surface area contributed by atoms with E-state index in [9.17, 15) is 4.79 Å². The molecule has 0 atom stereocenters. The van der Waals surface area contributed by atoms with Crippen LogP contribution < -0.4 is 10.3 Å². The van der Waals surface area contributed by atoms with Gasteiger partial charge in [0.15, 0.2) is 0 Å². The molecule has 2 aliphatic carbocycles. The topological polar surface area (TPSA) is 20.3 Å². The molecule has 0 saturated carbocycles. The first-order valence-corrected chi connectivity index (χ1v) is 8.61. The fourth-order valence-corrected chi connectivity index (χ4v) is 2.86. The van der Waals surface area contributed by atoms with Crippen molar-refractivity contribution < 1.29 is 0 Å². The number of hydrogen-bond donors (Lipinski definition) is 0. The van der Waals surface area contributed by atoms with Gasteiger partial charge in [0, 0.05) is 24.2 Å². The molecule has 0 unspecified atom stereocenters. The maximum atomic E-state index is 12.3. The van der Waals surface area contributed by atoms with Crippen LogP contribution in [0.3, 0.4) is 0 Å². The number of fused-ring (bicyclic) bond motifs is 1. The van der Waals surface area contributed by atoms with Gasteiger partial charge in [-0.3, -0.25) is 4.79 Å². The molecule has 2 aliphatic rings. The molecule has 0 saturated heterocycles. The quantitative estimate of drug-likeness (QED) is 0.665. The van der Waals surface area contributed by atoms with Gasteiger partial charge >= 0.3 is 0 Å². The molecule has 3 rings (SSSR count). The van der Waals surface area contributed by atoms with E-state index in [4.69, 9.17) is 0 Å². The van der Waals surface area contributed by atoms with Gasteiger partial charge in [-0.2, -0.15) is 0 Å². The van der Waals surface area contributed by atoms with Crippen LogP contribution in [0.15, 0.2) is 71.5 Å². The Hall–Kier alpha value is -3.05. The lowest BCUT2D eigenvalue weighted by Crippen LogP contribution is -2.26. The maximum Gasteiger partial charge on any atom is 0.201 e. The second kappa shape index (κ2) is 7.68. The average Bonchev–Trinajstić information content (AvgIpc) is 2.89. The summed E-state index contributed by atoms with van der Waals surface area (Å²) in [5.41, 5.74) is 4.96. The lowest BCUT2D eigenvalue weighted by Gasteiger charge is -2.18. The Bertz CT molecular complexity index is 930. The van der Waals surface area contributed by atoms with E-state index >= 15 is 0 Å². The summed E-state index contributed by atoms with van der Waals surface area (Å²) in [6.45, 7) is 5.73. The van der Waals surface area contributed by atoms with Crippen molar-refractivity contribution in [2.75, 3.05) is 18.0 Å². The van der Waals surface area contributed by atoms with Crippen LogP contribution in [0.25, 0.3) is 11.1 Å². The van der Waals surface area contributed by atoms with Gasteiger partial charge in [-0.1, -0.05) is 42.2 Å². The molecule has 2 nitrogen and oxygen atoms in total. The monoisotopic (exact) mass is 327 g/mol. The number of anilines is 1. The van der Waals surface area contributed by atoms with Crippen LogP contribution in [0.2, 0.25) is 0 Å². The molecule has 1 aromatic carbocycles. The zero-order valence-electron chi connectivity index (χ0n) is 14.6. The Morgan fingerprint density at radius 3 is 1.80 bits per heavy atom. The predicted octanol–water partition coefficient (Wildman–Crippen LogP) is 4.40. The lowest BCUT2D eigenvalue weighted by molar-refractivity contribution is 0.863. The van der Waals surface area contributed by atoms with E-state index in [-0.39, 0.29) is 5.43 Å². The number of rotatable bonds is 3. The van der Waals surface area contributed by atoms with E-state index in [2.05, 4.69) is 54.9 Å². The number of nitrogens with zero attached hydrogens (tertiary/aromatic N) is 1. The molecule has 1 aromatic rings. The van der Waals surface area contributed by atoms with Crippen molar-refractivity contribution in [3.63, 3.8) is 0 Å². The Balaban J connectivity index is 1.93. The summed E-state index contributed by atoms with van der Waals surface area (Å²) >= 11 is 0. The fourth-order valence-electron chi connectivity index (χ4n) is 2.86. The molecule has 124 valence electrons. The van der Waals surface area contributed by atoms with Crippen molar-refractivity contribution >= 4 is 5.69 Å². The summed E-state index contributed by atoms with van der Waals surface area (Å²) in [6, 6.07) is 21.6. The Labute approximate surface area is 149 Å². The van der Waals surface area contributed by atoms with Gasteiger partial charge in [0.05, 0.1) is 5.69 Å². The second-order valence-corrected chi connectivity index (χ2v) is 5.85. The Kier molecular flexibility index (Phi) is 5.16. The first-order chi connectivity index (χ1) is 12.2. The van der Waals surface area contributed by atoms with E-state index in [1.165, 1.54) is 11.1 Å². The van der Waals surface area contributed by atoms with Crippen LogP contribution in [-0.4, -0.2) is 13.1 Å². The van der Waals surface area contributed by atoms with Crippen molar-refractivity contribution in [2.24, 2.45) is 0 Å². The van der Waals surface area contributed by atoms with E-state index in [1.54, 1.807) is 12.1 Å². The summed E-state index contributed by atoms with van der Waals surface area (Å²) in [7, 11) is 0. The van der Waals surface area contributed by atoms with Crippen LogP contribution >= 0.6 is 0 Å². The van der Waals surface area contributed by atoms with E-state index in [0.717, 1.165) is 29.9 Å². The second-order valence-electron chi connectivity index (χ2n) is 5.85. The van der Waals surface area contributed by atoms with Gasteiger partial charge < -0.3 is 4.90 Å². The highest BCUT2D eigenvalue weighted by molar-refractivity contribution is 5.66. The molecule has 0 heterocycles. The van der Waals surface area contributed by atoms with Gasteiger partial charge in [-0.15, -0.1) is 0 Å². The predicted molar refractivity (Wildman–Crippen MR) is 105 cm³/mol. The molecule has 2 heteroatoms. The number of hydrogen-bond acceptors (Lipinski definition) is 2. The van der Waals surface area contributed by atoms with Crippen LogP contribution in [0.1, 0.15) is 25.0 Å². The molecule has 0 N–H and O–H groups in total. The largest absolute Gasteiger partial charge is 0.369 e. The molecule has 0 radical (unpaired) electrons. The van der Waals surface area contributed by atoms with Crippen LogP contribution in [0.4, 0.5) is 5.69 Å². The maximum absolute atomic E-state index is 12.3. The molecule has 0 amide bonds. The minimum atomic E-state index is 0.0293. The summed E-state index contributed by atoms with van der Waals surface area (Å²) in [6.07, 6.45) is 0. The van der Waals surface area contributed by atoms with Gasteiger partial charge in [-0.25, -0.2) is 0 Å². The third-order valence-corrected chi connectivity index (χ3v) is 4.31. The SMILES string of the molecule is CCN(CC)c1ccc(C#Cc2ccc3cccc-3cc2)ccc1=O. The zero-order valence-corrected chi connectivity index (χ0v) is 14.6. The molecule has 0 bridgehead atoms. The zero-order chi connectivity index (χ0) is 17.6. The lowest BCUT2D eigenvalue weighted by atomic mass is 10.2. The van der Waals surface area contributed by atoms with E-state index in [1.807, 2.05) is 30.3 Å². The summed E-state index contributed by atoms with van der Waals surface area (Å²) in [5, 5.41) is 0. The van der Waals surface area contributed by atoms with Crippen LogP contribution in [0.5, 0.6) is 0 Å². The summed E-state index contributed by atoms with van der Waals surface area (Å²) in [5.74, 6) is 6.35. The Morgan fingerprint density at radius 1 is 0.720 bits per heavy atom. The van der Waals surface area contributed by atoms with Gasteiger partial charge in [-0.05, 0) is 61.4 Å². The minimum absolute atomic E-state index is 0.0293. The van der Waals surface area contributed by atoms with Gasteiger partial charge in [0.25, 0.3) is 0 Å². The van der Waals surface area contributed by atoms with Crippen molar-refractivity contribution in [1.29, 1.82) is 0 Å². The summed E-state index contributed by atoms with van der Waals surface area (Å²) < 4.78 is 0. The first-order valence-electron chi connectivity index (χ1n) is 8.61. The molecule has 25 heavy (non-hydrogen) atoms. The highest BCUT2D eigenvalue weighted by Crippen LogP contribution is 2.21. The molecular weight excluding hydrogens is 306 g/mol. The van der Waals surface area contributed by atoms with Crippen LogP contribution in [-0.2, 0) is 0 Å². The highest BCUT2D eigenvalue weighted by atomic mass is 16.1. The van der Waals surface area contributed by atoms with Crippen molar-refractivity contribution in [3.05, 3.63) is 88.1 Å². The van der Waals surface area contributed by atoms with Crippen molar-refractivity contribution in [2.45, 2.75) is 13.8 Å². The molecule has 0 fully saturated rings. The molecule has 0 spiro atoms. The molecular formula is C23H21NO. The van der Waals surface area contributed by atoms with Gasteiger partial charge in [0.2, 0.25) is 5.43 Å². The van der Waals surface area contributed by atoms with Crippen molar-refractivity contribution in [1.82, 2.24) is 0 Å². The first kappa shape index (κ1) is 16.8. The Morgan fingerprint density at radius 2 is 1.24 bits per heavy atom. The molecule has 0 aliphatic heterocycles.